The molecule has 2 rings (SSSR count). The number of nitrogens with zero attached hydrogens (tertiary/aromatic N) is 1. The maximum atomic E-state index is 10.4. The number of hydrogen-bond acceptors (Lipinski definition) is 4. The Labute approximate surface area is 114 Å². The zero-order chi connectivity index (χ0) is 13.8. The summed E-state index contributed by atoms with van der Waals surface area (Å²) in [4.78, 5) is 2.18. The predicted octanol–water partition coefficient (Wildman–Crippen LogP) is 2.08. The van der Waals surface area contributed by atoms with Gasteiger partial charge < -0.3 is 19.5 Å². The number of benzene rings is 1. The van der Waals surface area contributed by atoms with Crippen molar-refractivity contribution in [2.75, 3.05) is 34.4 Å². The highest BCUT2D eigenvalue weighted by atomic mass is 16.5. The third-order valence-electron chi connectivity index (χ3n) is 3.55. The molecular weight excluding hydrogens is 242 g/mol. The van der Waals surface area contributed by atoms with Crippen molar-refractivity contribution in [3.05, 3.63) is 23.8 Å². The zero-order valence-electron chi connectivity index (χ0n) is 11.9. The van der Waals surface area contributed by atoms with E-state index in [1.54, 1.807) is 14.2 Å². The summed E-state index contributed by atoms with van der Waals surface area (Å²) in [6, 6.07) is 5.51. The van der Waals surface area contributed by atoms with E-state index in [9.17, 15) is 5.11 Å². The summed E-state index contributed by atoms with van der Waals surface area (Å²) in [5, 5.41) is 10.4. The summed E-state index contributed by atoms with van der Waals surface area (Å²) in [6.07, 6.45) is 2.08. The number of ether oxygens (including phenoxy) is 2. The Morgan fingerprint density at radius 1 is 1.32 bits per heavy atom. The molecule has 1 aliphatic rings. The van der Waals surface area contributed by atoms with Crippen molar-refractivity contribution in [2.45, 2.75) is 18.9 Å². The van der Waals surface area contributed by atoms with E-state index < -0.39 is 6.10 Å². The quantitative estimate of drug-likeness (QED) is 0.819. The summed E-state index contributed by atoms with van der Waals surface area (Å²) in [5.74, 6) is 2.26. The minimum absolute atomic E-state index is 0.561. The molecule has 1 atom stereocenters. The van der Waals surface area contributed by atoms with Crippen LogP contribution in [-0.4, -0.2) is 44.4 Å². The van der Waals surface area contributed by atoms with E-state index in [0.29, 0.717) is 12.3 Å². The van der Waals surface area contributed by atoms with Crippen molar-refractivity contribution < 1.29 is 14.6 Å². The number of likely N-dealkylation sites (N-methyl/N-ethyl adjacent to an activating group) is 1. The standard InChI is InChI=1S/C15H23NO3/c1-16(9-11-4-5-11)10-14(17)13-8-12(18-2)6-7-15(13)19-3/h6-8,11,14,17H,4-5,9-10H2,1-3H3. The van der Waals surface area contributed by atoms with Crippen molar-refractivity contribution in [3.63, 3.8) is 0 Å². The largest absolute Gasteiger partial charge is 0.497 e. The van der Waals surface area contributed by atoms with Gasteiger partial charge in [0.05, 0.1) is 20.3 Å². The Kier molecular flexibility index (Phi) is 4.66. The summed E-state index contributed by atoms with van der Waals surface area (Å²) in [6.45, 7) is 1.67. The molecule has 4 heteroatoms. The Hall–Kier alpha value is -1.26. The monoisotopic (exact) mass is 265 g/mol. The molecule has 0 saturated heterocycles. The number of methoxy groups -OCH3 is 2. The second-order valence-corrected chi connectivity index (χ2v) is 5.29. The molecule has 0 aromatic heterocycles. The number of hydrogen-bond donors (Lipinski definition) is 1. The molecule has 1 unspecified atom stereocenters. The topological polar surface area (TPSA) is 41.9 Å². The van der Waals surface area contributed by atoms with Gasteiger partial charge in [0.1, 0.15) is 11.5 Å². The fourth-order valence-corrected chi connectivity index (χ4v) is 2.31. The van der Waals surface area contributed by atoms with E-state index in [4.69, 9.17) is 9.47 Å². The molecule has 4 nitrogen and oxygen atoms in total. The smallest absolute Gasteiger partial charge is 0.124 e. The van der Waals surface area contributed by atoms with E-state index in [1.807, 2.05) is 25.2 Å². The van der Waals surface area contributed by atoms with E-state index in [2.05, 4.69) is 4.90 Å². The molecule has 0 amide bonds. The van der Waals surface area contributed by atoms with E-state index >= 15 is 0 Å². The molecule has 1 aromatic carbocycles. The summed E-state index contributed by atoms with van der Waals surface area (Å²) >= 11 is 0. The first-order valence-corrected chi connectivity index (χ1v) is 6.72. The first-order chi connectivity index (χ1) is 9.13. The van der Waals surface area contributed by atoms with E-state index in [1.165, 1.54) is 12.8 Å². The number of aliphatic hydroxyl groups is 1. The summed E-state index contributed by atoms with van der Waals surface area (Å²) < 4.78 is 10.5. The van der Waals surface area contributed by atoms with Gasteiger partial charge in [0.25, 0.3) is 0 Å². The highest BCUT2D eigenvalue weighted by molar-refractivity contribution is 5.41. The van der Waals surface area contributed by atoms with Gasteiger partial charge >= 0.3 is 0 Å². The minimum Gasteiger partial charge on any atom is -0.497 e. The van der Waals surface area contributed by atoms with Gasteiger partial charge in [-0.2, -0.15) is 0 Å². The Balaban J connectivity index is 2.04. The van der Waals surface area contributed by atoms with Gasteiger partial charge in [-0.15, -0.1) is 0 Å². The van der Waals surface area contributed by atoms with Crippen LogP contribution in [0.3, 0.4) is 0 Å². The minimum atomic E-state index is -0.561. The van der Waals surface area contributed by atoms with Crippen LogP contribution in [0.4, 0.5) is 0 Å². The van der Waals surface area contributed by atoms with Crippen LogP contribution < -0.4 is 9.47 Å². The molecule has 1 fully saturated rings. The average Bonchev–Trinajstić information content (AvgIpc) is 3.21. The number of rotatable bonds is 7. The van der Waals surface area contributed by atoms with E-state index in [-0.39, 0.29) is 0 Å². The predicted molar refractivity (Wildman–Crippen MR) is 74.7 cm³/mol. The Morgan fingerprint density at radius 3 is 2.63 bits per heavy atom. The van der Waals surface area contributed by atoms with Crippen molar-refractivity contribution in [1.29, 1.82) is 0 Å². The molecule has 1 aliphatic carbocycles. The van der Waals surface area contributed by atoms with Gasteiger partial charge in [0.2, 0.25) is 0 Å². The fourth-order valence-electron chi connectivity index (χ4n) is 2.31. The lowest BCUT2D eigenvalue weighted by molar-refractivity contribution is 0.121. The van der Waals surface area contributed by atoms with E-state index in [0.717, 1.165) is 23.8 Å². The molecule has 1 N–H and O–H groups in total. The van der Waals surface area contributed by atoms with Crippen LogP contribution in [0.5, 0.6) is 11.5 Å². The zero-order valence-corrected chi connectivity index (χ0v) is 11.9. The lowest BCUT2D eigenvalue weighted by Gasteiger charge is -2.22. The lowest BCUT2D eigenvalue weighted by atomic mass is 10.1. The normalized spacial score (nSPS) is 16.5. The van der Waals surface area contributed by atoms with Crippen LogP contribution in [0.2, 0.25) is 0 Å². The highest BCUT2D eigenvalue weighted by Crippen LogP contribution is 2.32. The van der Waals surface area contributed by atoms with Gasteiger partial charge in [-0.25, -0.2) is 0 Å². The van der Waals surface area contributed by atoms with Crippen molar-refractivity contribution >= 4 is 0 Å². The van der Waals surface area contributed by atoms with Crippen molar-refractivity contribution in [1.82, 2.24) is 4.90 Å². The van der Waals surface area contributed by atoms with Crippen LogP contribution in [-0.2, 0) is 0 Å². The third kappa shape index (κ3) is 3.85. The second-order valence-electron chi connectivity index (χ2n) is 5.29. The molecule has 1 saturated carbocycles. The Bertz CT molecular complexity index is 418. The molecular formula is C15H23NO3. The third-order valence-corrected chi connectivity index (χ3v) is 3.55. The van der Waals surface area contributed by atoms with Crippen LogP contribution >= 0.6 is 0 Å². The van der Waals surface area contributed by atoms with Crippen LogP contribution in [0, 0.1) is 5.92 Å². The van der Waals surface area contributed by atoms with Crippen molar-refractivity contribution in [2.24, 2.45) is 5.92 Å². The summed E-state index contributed by atoms with van der Waals surface area (Å²) in [7, 11) is 5.29. The van der Waals surface area contributed by atoms with Crippen LogP contribution in [0.25, 0.3) is 0 Å². The maximum Gasteiger partial charge on any atom is 0.124 e. The second kappa shape index (κ2) is 6.26. The van der Waals surface area contributed by atoms with Crippen molar-refractivity contribution in [3.8, 4) is 11.5 Å². The molecule has 19 heavy (non-hydrogen) atoms. The first kappa shape index (κ1) is 14.2. The summed E-state index contributed by atoms with van der Waals surface area (Å²) in [5.41, 5.74) is 0.782. The molecule has 1 aromatic rings. The molecule has 0 aliphatic heterocycles. The molecule has 0 bridgehead atoms. The molecule has 106 valence electrons. The SMILES string of the molecule is COc1ccc(OC)c(C(O)CN(C)CC2CC2)c1. The van der Waals surface area contributed by atoms with Gasteiger partial charge in [-0.05, 0) is 44.0 Å². The Morgan fingerprint density at radius 2 is 2.05 bits per heavy atom. The lowest BCUT2D eigenvalue weighted by Crippen LogP contribution is -2.26. The van der Waals surface area contributed by atoms with Crippen LogP contribution in [0.1, 0.15) is 24.5 Å². The highest BCUT2D eigenvalue weighted by Gasteiger charge is 2.24. The first-order valence-electron chi connectivity index (χ1n) is 6.72. The van der Waals surface area contributed by atoms with Gasteiger partial charge in [0.15, 0.2) is 0 Å². The van der Waals surface area contributed by atoms with Gasteiger partial charge in [-0.3, -0.25) is 0 Å². The fraction of sp³-hybridized carbons (Fsp3) is 0.600. The van der Waals surface area contributed by atoms with Gasteiger partial charge in [0, 0.05) is 18.7 Å². The maximum absolute atomic E-state index is 10.4. The molecule has 0 radical (unpaired) electrons. The van der Waals surface area contributed by atoms with Crippen LogP contribution in [0.15, 0.2) is 18.2 Å². The van der Waals surface area contributed by atoms with Gasteiger partial charge in [-0.1, -0.05) is 0 Å². The molecule has 0 spiro atoms. The average molecular weight is 265 g/mol. The molecule has 0 heterocycles. The number of aliphatic hydroxyl groups excluding tert-OH is 1.